The molecule has 1 aromatic heterocycles. The average molecular weight is 297 g/mol. The zero-order valence-corrected chi connectivity index (χ0v) is 13.1. The molecule has 0 radical (unpaired) electrons. The Morgan fingerprint density at radius 1 is 1.29 bits per heavy atom. The fourth-order valence-corrected chi connectivity index (χ4v) is 2.24. The van der Waals surface area contributed by atoms with Gasteiger partial charge in [0.25, 0.3) is 5.56 Å². The van der Waals surface area contributed by atoms with Crippen molar-refractivity contribution in [2.24, 2.45) is 11.8 Å². The molecule has 0 saturated heterocycles. The molecule has 0 bridgehead atoms. The largest absolute Gasteiger partial charge is 0.503 e. The van der Waals surface area contributed by atoms with Crippen LogP contribution in [0.15, 0.2) is 4.79 Å². The SMILES string of the molecule is CC[C@@H](C)C[C@@H](C)C(=O)c1c(O)c(OC)c(OC)[nH]c1=O. The van der Waals surface area contributed by atoms with Crippen LogP contribution in [0.1, 0.15) is 44.0 Å². The van der Waals surface area contributed by atoms with Gasteiger partial charge < -0.3 is 14.6 Å². The fraction of sp³-hybridized carbons (Fsp3) is 0.600. The van der Waals surface area contributed by atoms with Crippen LogP contribution in [0.2, 0.25) is 0 Å². The van der Waals surface area contributed by atoms with Crippen LogP contribution in [0.25, 0.3) is 0 Å². The van der Waals surface area contributed by atoms with Crippen LogP contribution in [0.5, 0.6) is 17.4 Å². The Morgan fingerprint density at radius 3 is 2.38 bits per heavy atom. The molecule has 1 heterocycles. The first-order chi connectivity index (χ1) is 9.87. The number of carbonyl (C=O) groups is 1. The summed E-state index contributed by atoms with van der Waals surface area (Å²) >= 11 is 0. The highest BCUT2D eigenvalue weighted by molar-refractivity contribution is 6.00. The lowest BCUT2D eigenvalue weighted by molar-refractivity contribution is 0.0907. The third-order valence-electron chi connectivity index (χ3n) is 3.67. The quantitative estimate of drug-likeness (QED) is 0.754. The molecule has 6 heteroatoms. The number of pyridine rings is 1. The van der Waals surface area contributed by atoms with Crippen molar-refractivity contribution in [1.29, 1.82) is 0 Å². The van der Waals surface area contributed by atoms with E-state index in [1.165, 1.54) is 14.2 Å². The number of aromatic amines is 1. The maximum Gasteiger partial charge on any atom is 0.265 e. The monoisotopic (exact) mass is 297 g/mol. The topological polar surface area (TPSA) is 88.6 Å². The summed E-state index contributed by atoms with van der Waals surface area (Å²) < 4.78 is 9.92. The van der Waals surface area contributed by atoms with Crippen molar-refractivity contribution in [2.75, 3.05) is 14.2 Å². The minimum absolute atomic E-state index is 0.00821. The van der Waals surface area contributed by atoms with E-state index in [9.17, 15) is 14.7 Å². The highest BCUT2D eigenvalue weighted by Gasteiger charge is 2.27. The molecule has 0 fully saturated rings. The van der Waals surface area contributed by atoms with Gasteiger partial charge in [-0.15, -0.1) is 0 Å². The zero-order chi connectivity index (χ0) is 16.2. The number of rotatable bonds is 7. The lowest BCUT2D eigenvalue weighted by Crippen LogP contribution is -2.24. The van der Waals surface area contributed by atoms with Crippen molar-refractivity contribution < 1.29 is 19.4 Å². The summed E-state index contributed by atoms with van der Waals surface area (Å²) in [5.74, 6) is -0.910. The van der Waals surface area contributed by atoms with Gasteiger partial charge in [0.1, 0.15) is 5.56 Å². The van der Waals surface area contributed by atoms with Gasteiger partial charge in [0.2, 0.25) is 11.6 Å². The lowest BCUT2D eigenvalue weighted by Gasteiger charge is -2.16. The molecule has 0 unspecified atom stereocenters. The summed E-state index contributed by atoms with van der Waals surface area (Å²) in [4.78, 5) is 26.9. The van der Waals surface area contributed by atoms with Crippen LogP contribution in [0.3, 0.4) is 0 Å². The van der Waals surface area contributed by atoms with Crippen molar-refractivity contribution in [1.82, 2.24) is 4.98 Å². The Balaban J connectivity index is 3.24. The molecule has 0 spiro atoms. The molecule has 0 aliphatic heterocycles. The normalized spacial score (nSPS) is 13.6. The number of ether oxygens (including phenoxy) is 2. The summed E-state index contributed by atoms with van der Waals surface area (Å²) in [5.41, 5.74) is -0.949. The van der Waals surface area contributed by atoms with Crippen LogP contribution >= 0.6 is 0 Å². The maximum absolute atomic E-state index is 12.4. The summed E-state index contributed by atoms with van der Waals surface area (Å²) in [6.07, 6.45) is 1.61. The number of methoxy groups -OCH3 is 2. The second kappa shape index (κ2) is 7.15. The molecular formula is C15H23NO5. The Labute approximate surface area is 124 Å². The molecule has 0 saturated carbocycles. The molecule has 0 amide bonds. The van der Waals surface area contributed by atoms with Gasteiger partial charge in [0.15, 0.2) is 11.5 Å². The van der Waals surface area contributed by atoms with Crippen molar-refractivity contribution in [2.45, 2.75) is 33.6 Å². The van der Waals surface area contributed by atoms with Gasteiger partial charge in [0, 0.05) is 5.92 Å². The molecule has 6 nitrogen and oxygen atoms in total. The van der Waals surface area contributed by atoms with Crippen molar-refractivity contribution in [3.8, 4) is 17.4 Å². The minimum Gasteiger partial charge on any atom is -0.503 e. The minimum atomic E-state index is -0.675. The van der Waals surface area contributed by atoms with Crippen LogP contribution < -0.4 is 15.0 Å². The van der Waals surface area contributed by atoms with Gasteiger partial charge in [-0.25, -0.2) is 0 Å². The number of hydrogen-bond acceptors (Lipinski definition) is 5. The molecule has 0 aliphatic carbocycles. The number of H-pyrrole nitrogens is 1. The Kier molecular flexibility index (Phi) is 5.81. The van der Waals surface area contributed by atoms with Gasteiger partial charge >= 0.3 is 0 Å². The number of aromatic hydroxyl groups is 1. The maximum atomic E-state index is 12.4. The molecule has 2 N–H and O–H groups in total. The van der Waals surface area contributed by atoms with Crippen LogP contribution in [0, 0.1) is 11.8 Å². The van der Waals surface area contributed by atoms with Gasteiger partial charge in [-0.1, -0.05) is 27.2 Å². The average Bonchev–Trinajstić information content (AvgIpc) is 2.46. The number of Topliss-reactive ketones (excluding diaryl/α,β-unsaturated/α-hetero) is 1. The van der Waals surface area contributed by atoms with Crippen LogP contribution in [-0.4, -0.2) is 30.1 Å². The van der Waals surface area contributed by atoms with E-state index in [1.807, 2.05) is 13.8 Å². The molecule has 0 aromatic carbocycles. The molecule has 1 rings (SSSR count). The predicted octanol–water partition coefficient (Wildman–Crippen LogP) is 2.35. The van der Waals surface area contributed by atoms with E-state index in [0.717, 1.165) is 6.42 Å². The predicted molar refractivity (Wildman–Crippen MR) is 79.4 cm³/mol. The highest BCUT2D eigenvalue weighted by Crippen LogP contribution is 2.36. The third-order valence-corrected chi connectivity index (χ3v) is 3.67. The second-order valence-corrected chi connectivity index (χ2v) is 5.26. The Hall–Kier alpha value is -1.98. The van der Waals surface area contributed by atoms with Gasteiger partial charge in [-0.3, -0.25) is 14.6 Å². The van der Waals surface area contributed by atoms with E-state index in [4.69, 9.17) is 9.47 Å². The zero-order valence-electron chi connectivity index (χ0n) is 13.1. The van der Waals surface area contributed by atoms with E-state index in [2.05, 4.69) is 4.98 Å². The molecular weight excluding hydrogens is 274 g/mol. The smallest absolute Gasteiger partial charge is 0.265 e. The van der Waals surface area contributed by atoms with Gasteiger partial charge in [0.05, 0.1) is 14.2 Å². The summed E-state index contributed by atoms with van der Waals surface area (Å²) in [7, 11) is 2.66. The van der Waals surface area contributed by atoms with E-state index < -0.39 is 17.1 Å². The standard InChI is InChI=1S/C15H23NO5/c1-6-8(2)7-9(3)11(17)10-12(18)13(20-4)15(21-5)16-14(10)19/h8-9H,6-7H2,1-5H3,(H2,16,18,19)/t8-,9-/m1/s1. The molecule has 21 heavy (non-hydrogen) atoms. The molecule has 0 aliphatic rings. The van der Waals surface area contributed by atoms with Crippen molar-refractivity contribution >= 4 is 5.78 Å². The number of ketones is 1. The number of nitrogens with one attached hydrogen (secondary N) is 1. The van der Waals surface area contributed by atoms with E-state index in [1.54, 1.807) is 6.92 Å². The third kappa shape index (κ3) is 3.56. The fourth-order valence-electron chi connectivity index (χ4n) is 2.24. The number of carbonyl (C=O) groups excluding carboxylic acids is 1. The van der Waals surface area contributed by atoms with Gasteiger partial charge in [-0.05, 0) is 12.3 Å². The van der Waals surface area contributed by atoms with Crippen molar-refractivity contribution in [3.05, 3.63) is 15.9 Å². The van der Waals surface area contributed by atoms with Crippen LogP contribution in [0.4, 0.5) is 0 Å². The van der Waals surface area contributed by atoms with E-state index >= 15 is 0 Å². The molecule has 2 atom stereocenters. The van der Waals surface area contributed by atoms with E-state index in [-0.39, 0.29) is 23.1 Å². The first kappa shape index (κ1) is 17.1. The molecule has 118 valence electrons. The number of hydrogen-bond donors (Lipinski definition) is 2. The summed E-state index contributed by atoms with van der Waals surface area (Å²) in [6.45, 7) is 5.84. The first-order valence-electron chi connectivity index (χ1n) is 6.98. The van der Waals surface area contributed by atoms with Gasteiger partial charge in [-0.2, -0.15) is 0 Å². The van der Waals surface area contributed by atoms with Crippen molar-refractivity contribution in [3.63, 3.8) is 0 Å². The second-order valence-electron chi connectivity index (χ2n) is 5.26. The summed E-state index contributed by atoms with van der Waals surface area (Å²) in [5, 5.41) is 10.1. The highest BCUT2D eigenvalue weighted by atomic mass is 16.5. The Morgan fingerprint density at radius 2 is 1.90 bits per heavy atom. The summed E-state index contributed by atoms with van der Waals surface area (Å²) in [6, 6.07) is 0. The Bertz CT molecular complexity index is 564. The number of aromatic nitrogens is 1. The van der Waals surface area contributed by atoms with Crippen LogP contribution in [-0.2, 0) is 0 Å². The lowest BCUT2D eigenvalue weighted by atomic mass is 9.89. The molecule has 1 aromatic rings. The van der Waals surface area contributed by atoms with E-state index in [0.29, 0.717) is 12.3 Å². The first-order valence-corrected chi connectivity index (χ1v) is 6.98.